The molecular formula is C21H29N3O. The van der Waals surface area contributed by atoms with Crippen LogP contribution in [0.15, 0.2) is 48.7 Å². The Bertz CT molecular complexity index is 644. The summed E-state index contributed by atoms with van der Waals surface area (Å²) in [7, 11) is 0. The average Bonchev–Trinajstić information content (AvgIpc) is 2.62. The van der Waals surface area contributed by atoms with Gasteiger partial charge in [0.15, 0.2) is 0 Å². The molecule has 2 N–H and O–H groups in total. The van der Waals surface area contributed by atoms with Gasteiger partial charge in [-0.15, -0.1) is 0 Å². The highest BCUT2D eigenvalue weighted by molar-refractivity contribution is 5.23. The number of benzene rings is 1. The number of aryl methyl sites for hydroxylation is 1. The number of nitrogens with one attached hydrogen (secondary N) is 1. The monoisotopic (exact) mass is 339 g/mol. The molecule has 0 spiro atoms. The van der Waals surface area contributed by atoms with E-state index >= 15 is 0 Å². The summed E-state index contributed by atoms with van der Waals surface area (Å²) in [5, 5.41) is 14.0. The van der Waals surface area contributed by atoms with E-state index in [0.29, 0.717) is 18.5 Å². The maximum Gasteiger partial charge on any atom is 0.0914 e. The highest BCUT2D eigenvalue weighted by atomic mass is 16.3. The molecule has 0 bridgehead atoms. The van der Waals surface area contributed by atoms with E-state index in [0.717, 1.165) is 37.3 Å². The van der Waals surface area contributed by atoms with E-state index in [1.54, 1.807) is 0 Å². The van der Waals surface area contributed by atoms with Gasteiger partial charge in [-0.1, -0.05) is 42.8 Å². The molecule has 0 aliphatic carbocycles. The van der Waals surface area contributed by atoms with Crippen LogP contribution in [0, 0.1) is 12.8 Å². The Morgan fingerprint density at radius 1 is 1.24 bits per heavy atom. The fourth-order valence-corrected chi connectivity index (χ4v) is 3.57. The first-order valence-corrected chi connectivity index (χ1v) is 9.22. The maximum atomic E-state index is 10.4. The molecule has 134 valence electrons. The molecule has 3 atom stereocenters. The van der Waals surface area contributed by atoms with Gasteiger partial charge in [0, 0.05) is 38.4 Å². The highest BCUT2D eigenvalue weighted by Gasteiger charge is 2.26. The Kier molecular flexibility index (Phi) is 6.19. The average molecular weight is 339 g/mol. The van der Waals surface area contributed by atoms with Gasteiger partial charge in [-0.2, -0.15) is 0 Å². The van der Waals surface area contributed by atoms with Gasteiger partial charge in [0.25, 0.3) is 0 Å². The van der Waals surface area contributed by atoms with E-state index in [2.05, 4.69) is 47.2 Å². The van der Waals surface area contributed by atoms with Crippen LogP contribution in [0.3, 0.4) is 0 Å². The van der Waals surface area contributed by atoms with E-state index in [-0.39, 0.29) is 0 Å². The van der Waals surface area contributed by atoms with Gasteiger partial charge in [-0.3, -0.25) is 9.88 Å². The van der Waals surface area contributed by atoms with Gasteiger partial charge in [-0.05, 0) is 37.0 Å². The predicted octanol–water partition coefficient (Wildman–Crippen LogP) is 2.92. The largest absolute Gasteiger partial charge is 0.387 e. The molecule has 1 aliphatic heterocycles. The van der Waals surface area contributed by atoms with Crippen LogP contribution in [-0.4, -0.2) is 40.7 Å². The summed E-state index contributed by atoms with van der Waals surface area (Å²) in [5.74, 6) is 0.558. The molecule has 0 amide bonds. The van der Waals surface area contributed by atoms with Crippen molar-refractivity contribution in [3.8, 4) is 0 Å². The summed E-state index contributed by atoms with van der Waals surface area (Å²) in [6.07, 6.45) is 2.52. The smallest absolute Gasteiger partial charge is 0.0914 e. The van der Waals surface area contributed by atoms with Gasteiger partial charge in [0.05, 0.1) is 11.8 Å². The molecule has 4 heteroatoms. The number of pyridine rings is 1. The second-order valence-corrected chi connectivity index (χ2v) is 7.26. The summed E-state index contributed by atoms with van der Waals surface area (Å²) in [6, 6.07) is 14.7. The minimum Gasteiger partial charge on any atom is -0.387 e. The predicted molar refractivity (Wildman–Crippen MR) is 101 cm³/mol. The molecule has 0 radical (unpaired) electrons. The lowest BCUT2D eigenvalue weighted by atomic mass is 9.93. The number of nitrogens with zero attached hydrogens (tertiary/aromatic N) is 2. The molecule has 1 aromatic carbocycles. The van der Waals surface area contributed by atoms with E-state index < -0.39 is 6.10 Å². The number of aliphatic hydroxyl groups excluding tert-OH is 1. The summed E-state index contributed by atoms with van der Waals surface area (Å²) in [5.41, 5.74) is 3.34. The first-order chi connectivity index (χ1) is 12.1. The van der Waals surface area contributed by atoms with Crippen molar-refractivity contribution in [3.63, 3.8) is 0 Å². The van der Waals surface area contributed by atoms with Gasteiger partial charge in [-0.25, -0.2) is 0 Å². The van der Waals surface area contributed by atoms with Gasteiger partial charge in [0.1, 0.15) is 0 Å². The van der Waals surface area contributed by atoms with Crippen LogP contribution < -0.4 is 5.32 Å². The lowest BCUT2D eigenvalue weighted by molar-refractivity contribution is 0.119. The van der Waals surface area contributed by atoms with Gasteiger partial charge >= 0.3 is 0 Å². The standard InChI is InChI=1S/C21H29N3O/c1-16-6-8-18(9-7-16)21(25)13-23-20-10-12-24(14-17(20)2)15-19-5-3-4-11-22-19/h3-9,11,17,20-21,23,25H,10,12-15H2,1-2H3. The molecule has 3 rings (SSSR count). The van der Waals surface area contributed by atoms with E-state index in [4.69, 9.17) is 0 Å². The number of piperidine rings is 1. The van der Waals surface area contributed by atoms with Crippen molar-refractivity contribution in [3.05, 3.63) is 65.5 Å². The summed E-state index contributed by atoms with van der Waals surface area (Å²) >= 11 is 0. The molecular weight excluding hydrogens is 310 g/mol. The third-order valence-corrected chi connectivity index (χ3v) is 5.14. The number of aromatic nitrogens is 1. The van der Waals surface area contributed by atoms with Crippen molar-refractivity contribution >= 4 is 0 Å². The second kappa shape index (κ2) is 8.56. The quantitative estimate of drug-likeness (QED) is 0.850. The number of hydrogen-bond donors (Lipinski definition) is 2. The lowest BCUT2D eigenvalue weighted by Crippen LogP contribution is -2.48. The van der Waals surface area contributed by atoms with Crippen molar-refractivity contribution in [2.45, 2.75) is 39.0 Å². The van der Waals surface area contributed by atoms with Crippen LogP contribution in [0.2, 0.25) is 0 Å². The minimum absolute atomic E-state index is 0.445. The van der Waals surface area contributed by atoms with Crippen molar-refractivity contribution in [2.75, 3.05) is 19.6 Å². The molecule has 4 nitrogen and oxygen atoms in total. The molecule has 0 saturated carbocycles. The van der Waals surface area contributed by atoms with Crippen molar-refractivity contribution in [1.29, 1.82) is 0 Å². The van der Waals surface area contributed by atoms with E-state index in [1.165, 1.54) is 5.56 Å². The summed E-state index contributed by atoms with van der Waals surface area (Å²) in [6.45, 7) is 8.02. The fourth-order valence-electron chi connectivity index (χ4n) is 3.57. The third-order valence-electron chi connectivity index (χ3n) is 5.14. The zero-order valence-electron chi connectivity index (χ0n) is 15.2. The molecule has 1 aliphatic rings. The molecule has 25 heavy (non-hydrogen) atoms. The fraction of sp³-hybridized carbons (Fsp3) is 0.476. The Morgan fingerprint density at radius 3 is 2.72 bits per heavy atom. The minimum atomic E-state index is -0.445. The number of rotatable bonds is 6. The number of aliphatic hydroxyl groups is 1. The molecule has 2 aromatic rings. The Hall–Kier alpha value is -1.75. The van der Waals surface area contributed by atoms with Crippen molar-refractivity contribution < 1.29 is 5.11 Å². The van der Waals surface area contributed by atoms with Crippen LogP contribution in [0.5, 0.6) is 0 Å². The molecule has 1 saturated heterocycles. The normalized spacial score (nSPS) is 22.7. The van der Waals surface area contributed by atoms with Crippen LogP contribution in [0.25, 0.3) is 0 Å². The molecule has 3 unspecified atom stereocenters. The zero-order chi connectivity index (χ0) is 17.6. The van der Waals surface area contributed by atoms with E-state index in [1.807, 2.05) is 30.5 Å². The summed E-state index contributed by atoms with van der Waals surface area (Å²) in [4.78, 5) is 6.90. The molecule has 2 heterocycles. The Balaban J connectivity index is 1.46. The lowest BCUT2D eigenvalue weighted by Gasteiger charge is -2.37. The van der Waals surface area contributed by atoms with Crippen molar-refractivity contribution in [2.24, 2.45) is 5.92 Å². The Morgan fingerprint density at radius 2 is 2.04 bits per heavy atom. The van der Waals surface area contributed by atoms with Crippen LogP contribution in [0.4, 0.5) is 0 Å². The molecule has 1 fully saturated rings. The first-order valence-electron chi connectivity index (χ1n) is 9.22. The Labute approximate surface area is 150 Å². The van der Waals surface area contributed by atoms with Crippen LogP contribution in [0.1, 0.15) is 36.3 Å². The van der Waals surface area contributed by atoms with Crippen LogP contribution >= 0.6 is 0 Å². The SMILES string of the molecule is Cc1ccc(C(O)CNC2CCN(Cc3ccccn3)CC2C)cc1. The molecule has 1 aromatic heterocycles. The van der Waals surface area contributed by atoms with Crippen molar-refractivity contribution in [1.82, 2.24) is 15.2 Å². The summed E-state index contributed by atoms with van der Waals surface area (Å²) < 4.78 is 0. The zero-order valence-corrected chi connectivity index (χ0v) is 15.2. The van der Waals surface area contributed by atoms with Crippen LogP contribution in [-0.2, 0) is 6.54 Å². The van der Waals surface area contributed by atoms with Gasteiger partial charge in [0.2, 0.25) is 0 Å². The maximum absolute atomic E-state index is 10.4. The second-order valence-electron chi connectivity index (χ2n) is 7.26. The van der Waals surface area contributed by atoms with Gasteiger partial charge < -0.3 is 10.4 Å². The highest BCUT2D eigenvalue weighted by Crippen LogP contribution is 2.20. The number of likely N-dealkylation sites (tertiary alicyclic amines) is 1. The van der Waals surface area contributed by atoms with E-state index in [9.17, 15) is 5.11 Å². The topological polar surface area (TPSA) is 48.4 Å². The third kappa shape index (κ3) is 5.11. The first kappa shape index (κ1) is 18.1. The number of hydrogen-bond acceptors (Lipinski definition) is 4.